The third kappa shape index (κ3) is 1.42. The summed E-state index contributed by atoms with van der Waals surface area (Å²) >= 11 is 0. The van der Waals surface area contributed by atoms with Crippen LogP contribution in [0.3, 0.4) is 0 Å². The summed E-state index contributed by atoms with van der Waals surface area (Å²) in [7, 11) is 0. The SMILES string of the molecule is Cc1c(F)cccc1-n1ncc2c(O)ncnc21. The molecule has 0 aliphatic heterocycles. The molecule has 0 bridgehead atoms. The number of benzene rings is 1. The number of hydrogen-bond acceptors (Lipinski definition) is 4. The highest BCUT2D eigenvalue weighted by molar-refractivity contribution is 5.80. The first-order valence-corrected chi connectivity index (χ1v) is 5.31. The van der Waals surface area contributed by atoms with Crippen molar-refractivity contribution in [3.8, 4) is 11.6 Å². The van der Waals surface area contributed by atoms with E-state index in [1.54, 1.807) is 19.1 Å². The van der Waals surface area contributed by atoms with Gasteiger partial charge in [-0.25, -0.2) is 19.0 Å². The van der Waals surface area contributed by atoms with Crippen LogP contribution in [0.5, 0.6) is 5.88 Å². The summed E-state index contributed by atoms with van der Waals surface area (Å²) in [5, 5.41) is 14.1. The molecule has 2 aromatic heterocycles. The predicted molar refractivity (Wildman–Crippen MR) is 63.0 cm³/mol. The molecule has 3 aromatic rings. The lowest BCUT2D eigenvalue weighted by atomic mass is 10.2. The average molecular weight is 244 g/mol. The number of hydrogen-bond donors (Lipinski definition) is 1. The predicted octanol–water partition coefficient (Wildman–Crippen LogP) is 1.97. The van der Waals surface area contributed by atoms with E-state index >= 15 is 0 Å². The molecule has 18 heavy (non-hydrogen) atoms. The Kier molecular flexibility index (Phi) is 2.22. The van der Waals surface area contributed by atoms with Gasteiger partial charge in [0.2, 0.25) is 5.88 Å². The van der Waals surface area contributed by atoms with Gasteiger partial charge in [0.05, 0.1) is 11.9 Å². The van der Waals surface area contributed by atoms with Gasteiger partial charge >= 0.3 is 0 Å². The van der Waals surface area contributed by atoms with Crippen molar-refractivity contribution in [2.75, 3.05) is 0 Å². The van der Waals surface area contributed by atoms with Gasteiger partial charge in [0, 0.05) is 5.56 Å². The number of fused-ring (bicyclic) bond motifs is 1. The van der Waals surface area contributed by atoms with E-state index in [0.29, 0.717) is 22.3 Å². The molecule has 5 nitrogen and oxygen atoms in total. The summed E-state index contributed by atoms with van der Waals surface area (Å²) in [5.41, 5.74) is 1.50. The Balaban J connectivity index is 2.33. The lowest BCUT2D eigenvalue weighted by Gasteiger charge is -2.07. The first kappa shape index (κ1) is 10.6. The Bertz CT molecular complexity index is 738. The lowest BCUT2D eigenvalue weighted by Crippen LogP contribution is -2.01. The van der Waals surface area contributed by atoms with Crippen LogP contribution in [0.15, 0.2) is 30.7 Å². The third-order valence-corrected chi connectivity index (χ3v) is 2.81. The number of rotatable bonds is 1. The van der Waals surface area contributed by atoms with Crippen LogP contribution in [0.2, 0.25) is 0 Å². The smallest absolute Gasteiger partial charge is 0.225 e. The van der Waals surface area contributed by atoms with E-state index in [9.17, 15) is 9.50 Å². The molecule has 0 unspecified atom stereocenters. The van der Waals surface area contributed by atoms with Crippen molar-refractivity contribution in [1.29, 1.82) is 0 Å². The Hall–Kier alpha value is -2.50. The Morgan fingerprint density at radius 2 is 2.11 bits per heavy atom. The maximum atomic E-state index is 13.5. The zero-order valence-corrected chi connectivity index (χ0v) is 9.50. The highest BCUT2D eigenvalue weighted by Gasteiger charge is 2.13. The maximum absolute atomic E-state index is 13.5. The lowest BCUT2D eigenvalue weighted by molar-refractivity contribution is 0.459. The molecule has 6 heteroatoms. The van der Waals surface area contributed by atoms with Crippen molar-refractivity contribution in [2.45, 2.75) is 6.92 Å². The molecule has 1 aromatic carbocycles. The summed E-state index contributed by atoms with van der Waals surface area (Å²) < 4.78 is 15.0. The first-order valence-electron chi connectivity index (χ1n) is 5.31. The van der Waals surface area contributed by atoms with Crippen LogP contribution in [0.25, 0.3) is 16.7 Å². The standard InChI is InChI=1S/C12H9FN4O/c1-7-9(13)3-2-4-10(7)17-11-8(5-16-17)12(18)15-6-14-11/h2-6H,1H3,(H,14,15,18). The van der Waals surface area contributed by atoms with Crippen LogP contribution in [-0.2, 0) is 0 Å². The van der Waals surface area contributed by atoms with Gasteiger partial charge in [0.15, 0.2) is 5.65 Å². The topological polar surface area (TPSA) is 63.8 Å². The molecule has 0 saturated carbocycles. The minimum atomic E-state index is -0.311. The zero-order valence-electron chi connectivity index (χ0n) is 9.50. The van der Waals surface area contributed by atoms with Gasteiger partial charge < -0.3 is 5.11 Å². The monoisotopic (exact) mass is 244 g/mol. The molecule has 0 amide bonds. The van der Waals surface area contributed by atoms with Gasteiger partial charge in [0.1, 0.15) is 17.5 Å². The zero-order chi connectivity index (χ0) is 12.7. The molecule has 0 aliphatic rings. The normalized spacial score (nSPS) is 11.0. The van der Waals surface area contributed by atoms with Crippen molar-refractivity contribution in [3.63, 3.8) is 0 Å². The molecule has 1 N–H and O–H groups in total. The summed E-state index contributed by atoms with van der Waals surface area (Å²) in [5.74, 6) is -0.449. The molecule has 0 atom stereocenters. The molecule has 0 fully saturated rings. The number of aromatic hydroxyl groups is 1. The second kappa shape index (κ2) is 3.76. The van der Waals surface area contributed by atoms with Gasteiger partial charge in [-0.3, -0.25) is 0 Å². The second-order valence-corrected chi connectivity index (χ2v) is 3.87. The minimum Gasteiger partial charge on any atom is -0.493 e. The highest BCUT2D eigenvalue weighted by atomic mass is 19.1. The van der Waals surface area contributed by atoms with Crippen LogP contribution in [0.4, 0.5) is 4.39 Å². The number of nitrogens with zero attached hydrogens (tertiary/aromatic N) is 4. The molecule has 0 radical (unpaired) electrons. The van der Waals surface area contributed by atoms with Crippen molar-refractivity contribution in [3.05, 3.63) is 42.1 Å². The van der Waals surface area contributed by atoms with Crippen molar-refractivity contribution in [1.82, 2.24) is 19.7 Å². The molecule has 90 valence electrons. The van der Waals surface area contributed by atoms with Crippen LogP contribution >= 0.6 is 0 Å². The average Bonchev–Trinajstić information content (AvgIpc) is 2.78. The first-order chi connectivity index (χ1) is 8.68. The van der Waals surface area contributed by atoms with E-state index in [2.05, 4.69) is 15.1 Å². The second-order valence-electron chi connectivity index (χ2n) is 3.87. The van der Waals surface area contributed by atoms with E-state index in [-0.39, 0.29) is 11.7 Å². The van der Waals surface area contributed by atoms with Crippen molar-refractivity contribution in [2.24, 2.45) is 0 Å². The Morgan fingerprint density at radius 1 is 1.28 bits per heavy atom. The summed E-state index contributed by atoms with van der Waals surface area (Å²) in [6, 6.07) is 4.73. The molecule has 2 heterocycles. The van der Waals surface area contributed by atoms with E-state index in [1.807, 2.05) is 0 Å². The molecule has 0 spiro atoms. The summed E-state index contributed by atoms with van der Waals surface area (Å²) in [6.45, 7) is 1.67. The molecule has 0 saturated heterocycles. The fourth-order valence-corrected chi connectivity index (χ4v) is 1.83. The van der Waals surface area contributed by atoms with Crippen molar-refractivity contribution < 1.29 is 9.50 Å². The van der Waals surface area contributed by atoms with E-state index in [1.165, 1.54) is 23.3 Å². The van der Waals surface area contributed by atoms with Crippen LogP contribution in [-0.4, -0.2) is 24.9 Å². The fourth-order valence-electron chi connectivity index (χ4n) is 1.83. The Morgan fingerprint density at radius 3 is 2.94 bits per heavy atom. The van der Waals surface area contributed by atoms with Gasteiger partial charge in [-0.05, 0) is 19.1 Å². The molecular formula is C12H9FN4O. The largest absolute Gasteiger partial charge is 0.493 e. The van der Waals surface area contributed by atoms with Gasteiger partial charge in [-0.2, -0.15) is 5.10 Å². The maximum Gasteiger partial charge on any atom is 0.225 e. The number of aromatic nitrogens is 4. The Labute approximate surface area is 102 Å². The number of halogens is 1. The minimum absolute atomic E-state index is 0.139. The van der Waals surface area contributed by atoms with Crippen molar-refractivity contribution >= 4 is 11.0 Å². The quantitative estimate of drug-likeness (QED) is 0.710. The van der Waals surface area contributed by atoms with Gasteiger partial charge in [-0.15, -0.1) is 0 Å². The third-order valence-electron chi connectivity index (χ3n) is 2.81. The summed E-state index contributed by atoms with van der Waals surface area (Å²) in [6.07, 6.45) is 2.69. The molecule has 0 aliphatic carbocycles. The van der Waals surface area contributed by atoms with Crippen LogP contribution in [0, 0.1) is 12.7 Å². The highest BCUT2D eigenvalue weighted by Crippen LogP contribution is 2.24. The summed E-state index contributed by atoms with van der Waals surface area (Å²) in [4.78, 5) is 7.73. The van der Waals surface area contributed by atoms with E-state index < -0.39 is 0 Å². The fraction of sp³-hybridized carbons (Fsp3) is 0.0833. The molecular weight excluding hydrogens is 235 g/mol. The van der Waals surface area contributed by atoms with E-state index in [4.69, 9.17) is 0 Å². The molecule has 3 rings (SSSR count). The van der Waals surface area contributed by atoms with Gasteiger partial charge in [0.25, 0.3) is 0 Å². The van der Waals surface area contributed by atoms with Crippen LogP contribution in [0.1, 0.15) is 5.56 Å². The van der Waals surface area contributed by atoms with Crippen LogP contribution < -0.4 is 0 Å². The van der Waals surface area contributed by atoms with E-state index in [0.717, 1.165) is 0 Å². The van der Waals surface area contributed by atoms with Gasteiger partial charge in [-0.1, -0.05) is 6.07 Å².